The van der Waals surface area contributed by atoms with E-state index in [9.17, 15) is 31.1 Å². The van der Waals surface area contributed by atoms with Crippen molar-refractivity contribution in [2.45, 2.75) is 18.9 Å². The molecule has 44 heavy (non-hydrogen) atoms. The first kappa shape index (κ1) is 32.2. The molecule has 0 radical (unpaired) electrons. The van der Waals surface area contributed by atoms with Crippen molar-refractivity contribution in [3.63, 3.8) is 0 Å². The first-order valence-corrected chi connectivity index (χ1v) is 13.0. The molecule has 0 saturated carbocycles. The number of fused-ring (bicyclic) bond motifs is 1. The van der Waals surface area contributed by atoms with E-state index < -0.39 is 23.9 Å². The van der Waals surface area contributed by atoms with Crippen LogP contribution >= 0.6 is 0 Å². The Morgan fingerprint density at radius 2 is 1.68 bits per heavy atom. The molecule has 3 aromatic rings. The smallest absolute Gasteiger partial charge is 0.490 e. The van der Waals surface area contributed by atoms with Gasteiger partial charge in [-0.25, -0.2) is 9.78 Å². The molecule has 0 bridgehead atoms. The molecular formula is C28H27F6N5O5. The number of hydrogen-bond donors (Lipinski definition) is 3. The number of rotatable bonds is 6. The van der Waals surface area contributed by atoms with E-state index in [2.05, 4.69) is 20.5 Å². The van der Waals surface area contributed by atoms with Gasteiger partial charge in [0, 0.05) is 50.7 Å². The van der Waals surface area contributed by atoms with Gasteiger partial charge in [0.2, 0.25) is 0 Å². The molecular weight excluding hydrogens is 600 g/mol. The van der Waals surface area contributed by atoms with Gasteiger partial charge < -0.3 is 35.0 Å². The summed E-state index contributed by atoms with van der Waals surface area (Å²) in [5.74, 6) is -2.30. The van der Waals surface area contributed by atoms with Crippen LogP contribution in [0.15, 0.2) is 48.7 Å². The lowest BCUT2D eigenvalue weighted by Crippen LogP contribution is -2.36. The molecule has 3 heterocycles. The number of halogens is 6. The van der Waals surface area contributed by atoms with Crippen LogP contribution in [0.1, 0.15) is 21.5 Å². The second-order valence-corrected chi connectivity index (χ2v) is 9.65. The average molecular weight is 628 g/mol. The number of nitrogens with one attached hydrogen (secondary N) is 2. The molecule has 1 aromatic heterocycles. The number of benzene rings is 2. The van der Waals surface area contributed by atoms with Gasteiger partial charge in [0.15, 0.2) is 0 Å². The molecule has 0 spiro atoms. The number of carboxylic acids is 1. The van der Waals surface area contributed by atoms with Gasteiger partial charge in [-0.15, -0.1) is 0 Å². The molecule has 2 aliphatic rings. The predicted octanol–water partition coefficient (Wildman–Crippen LogP) is 5.65. The van der Waals surface area contributed by atoms with E-state index in [0.29, 0.717) is 42.4 Å². The van der Waals surface area contributed by atoms with E-state index in [0.717, 1.165) is 30.5 Å². The summed E-state index contributed by atoms with van der Waals surface area (Å²) >= 11 is 0. The van der Waals surface area contributed by atoms with Gasteiger partial charge in [-0.3, -0.25) is 4.79 Å². The van der Waals surface area contributed by atoms with E-state index in [4.69, 9.17) is 19.4 Å². The van der Waals surface area contributed by atoms with Gasteiger partial charge in [0.25, 0.3) is 5.91 Å². The highest BCUT2D eigenvalue weighted by Crippen LogP contribution is 2.40. The monoisotopic (exact) mass is 627 g/mol. The van der Waals surface area contributed by atoms with Crippen LogP contribution < -0.4 is 20.3 Å². The number of methoxy groups -OCH3 is 1. The zero-order valence-corrected chi connectivity index (χ0v) is 23.3. The van der Waals surface area contributed by atoms with Crippen molar-refractivity contribution in [3.05, 3.63) is 65.4 Å². The lowest BCUT2D eigenvalue weighted by Gasteiger charge is -2.29. The van der Waals surface area contributed by atoms with Crippen LogP contribution in [0.5, 0.6) is 5.75 Å². The second kappa shape index (κ2) is 12.9. The van der Waals surface area contributed by atoms with Crippen LogP contribution in [0.2, 0.25) is 0 Å². The number of carboxylic acid groups (broad SMARTS) is 1. The molecule has 1 amide bonds. The minimum atomic E-state index is -5.08. The number of anilines is 5. The summed E-state index contributed by atoms with van der Waals surface area (Å²) < 4.78 is 84.2. The summed E-state index contributed by atoms with van der Waals surface area (Å²) in [6, 6.07) is 12.0. The lowest BCUT2D eigenvalue weighted by molar-refractivity contribution is -0.192. The number of pyridine rings is 1. The Balaban J connectivity index is 0.000000566. The van der Waals surface area contributed by atoms with Crippen molar-refractivity contribution in [1.29, 1.82) is 0 Å². The molecule has 5 rings (SSSR count). The first-order chi connectivity index (χ1) is 20.7. The maximum absolute atomic E-state index is 13.9. The largest absolute Gasteiger partial charge is 0.494 e. The summed E-state index contributed by atoms with van der Waals surface area (Å²) in [6.07, 6.45) is -8.96. The molecule has 2 aliphatic heterocycles. The first-order valence-electron chi connectivity index (χ1n) is 13.0. The lowest BCUT2D eigenvalue weighted by atomic mass is 10.1. The predicted molar refractivity (Wildman–Crippen MR) is 148 cm³/mol. The molecule has 2 aromatic carbocycles. The van der Waals surface area contributed by atoms with Crippen LogP contribution in [0.4, 0.5) is 54.9 Å². The standard InChI is InChI=1S/C26H26F3N5O3.C2HF3O2/c1-33-15-16-4-3-5-20(24(16)25(33)35)31-21-13-23(30-14-18(21)26(27,28)29)32-19-7-6-17(12-22(19)36-2)34-8-10-37-11-9-34;3-2(4,5)1(6)7/h3-7,12-14H,8-11,15H2,1-2H3,(H2,30,31,32);(H,6,7). The number of hydrogen-bond acceptors (Lipinski definition) is 8. The minimum Gasteiger partial charge on any atom is -0.494 e. The van der Waals surface area contributed by atoms with Gasteiger partial charge in [-0.05, 0) is 23.8 Å². The molecule has 1 saturated heterocycles. The fourth-order valence-corrected chi connectivity index (χ4v) is 4.54. The summed E-state index contributed by atoms with van der Waals surface area (Å²) in [5.41, 5.74) is 1.78. The molecule has 16 heteroatoms. The molecule has 10 nitrogen and oxygen atoms in total. The zero-order valence-electron chi connectivity index (χ0n) is 23.3. The molecule has 0 unspecified atom stereocenters. The van der Waals surface area contributed by atoms with Crippen molar-refractivity contribution in [3.8, 4) is 5.75 Å². The van der Waals surface area contributed by atoms with Crippen LogP contribution in [0.3, 0.4) is 0 Å². The molecule has 0 aliphatic carbocycles. The van der Waals surface area contributed by atoms with E-state index in [1.807, 2.05) is 12.1 Å². The number of aliphatic carboxylic acids is 1. The van der Waals surface area contributed by atoms with Gasteiger partial charge in [0.05, 0.1) is 48.5 Å². The second-order valence-electron chi connectivity index (χ2n) is 9.65. The Hall–Kier alpha value is -4.73. The van der Waals surface area contributed by atoms with Crippen molar-refractivity contribution < 1.29 is 50.5 Å². The van der Waals surface area contributed by atoms with Crippen molar-refractivity contribution >= 4 is 40.4 Å². The Kier molecular flexibility index (Phi) is 9.42. The molecule has 236 valence electrons. The Bertz CT molecular complexity index is 1530. The third-order valence-electron chi connectivity index (χ3n) is 6.66. The Morgan fingerprint density at radius 3 is 2.30 bits per heavy atom. The Morgan fingerprint density at radius 1 is 1.00 bits per heavy atom. The highest BCUT2D eigenvalue weighted by Gasteiger charge is 2.38. The number of aromatic nitrogens is 1. The number of alkyl halides is 6. The van der Waals surface area contributed by atoms with Crippen molar-refractivity contribution in [2.24, 2.45) is 0 Å². The number of carbonyl (C=O) groups excluding carboxylic acids is 1. The van der Waals surface area contributed by atoms with Gasteiger partial charge in [-0.2, -0.15) is 26.3 Å². The quantitative estimate of drug-likeness (QED) is 0.298. The highest BCUT2D eigenvalue weighted by molar-refractivity contribution is 6.04. The van der Waals surface area contributed by atoms with Gasteiger partial charge >= 0.3 is 18.3 Å². The number of carbonyl (C=O) groups is 2. The fraction of sp³-hybridized carbons (Fsp3) is 0.321. The number of morpholine rings is 1. The maximum Gasteiger partial charge on any atom is 0.490 e. The summed E-state index contributed by atoms with van der Waals surface area (Å²) in [6.45, 7) is 3.19. The minimum absolute atomic E-state index is 0.184. The van der Waals surface area contributed by atoms with E-state index >= 15 is 0 Å². The Labute approximate surface area is 247 Å². The van der Waals surface area contributed by atoms with Crippen LogP contribution in [-0.2, 0) is 22.3 Å². The molecule has 0 atom stereocenters. The zero-order chi connectivity index (χ0) is 32.2. The van der Waals surface area contributed by atoms with E-state index in [-0.39, 0.29) is 17.4 Å². The highest BCUT2D eigenvalue weighted by atomic mass is 19.4. The van der Waals surface area contributed by atoms with Crippen LogP contribution in [0.25, 0.3) is 0 Å². The topological polar surface area (TPSA) is 116 Å². The SMILES string of the molecule is COc1cc(N2CCOCC2)ccc1Nc1cc(Nc2cccc3c2C(=O)N(C)C3)c(C(F)(F)F)cn1.O=C(O)C(F)(F)F. The summed E-state index contributed by atoms with van der Waals surface area (Å²) in [4.78, 5) is 29.2. The number of nitrogens with zero attached hydrogens (tertiary/aromatic N) is 3. The summed E-state index contributed by atoms with van der Waals surface area (Å²) in [5, 5.41) is 13.0. The van der Waals surface area contributed by atoms with Gasteiger partial charge in [-0.1, -0.05) is 12.1 Å². The molecule has 3 N–H and O–H groups in total. The number of ether oxygens (including phenoxy) is 2. The van der Waals surface area contributed by atoms with E-state index in [1.165, 1.54) is 18.1 Å². The fourth-order valence-electron chi connectivity index (χ4n) is 4.54. The third-order valence-corrected chi connectivity index (χ3v) is 6.66. The van der Waals surface area contributed by atoms with Crippen LogP contribution in [-0.4, -0.2) is 73.5 Å². The van der Waals surface area contributed by atoms with Crippen molar-refractivity contribution in [1.82, 2.24) is 9.88 Å². The van der Waals surface area contributed by atoms with Crippen LogP contribution in [0, 0.1) is 0 Å². The maximum atomic E-state index is 13.9. The van der Waals surface area contributed by atoms with Gasteiger partial charge in [0.1, 0.15) is 11.6 Å². The van der Waals surface area contributed by atoms with Crippen molar-refractivity contribution in [2.75, 3.05) is 56.0 Å². The number of amides is 1. The normalized spacial score (nSPS) is 14.9. The van der Waals surface area contributed by atoms with E-state index in [1.54, 1.807) is 31.3 Å². The average Bonchev–Trinajstić information content (AvgIpc) is 3.26. The summed E-state index contributed by atoms with van der Waals surface area (Å²) in [7, 11) is 3.18. The third kappa shape index (κ3) is 7.42. The molecule has 1 fully saturated rings.